The fourth-order valence-electron chi connectivity index (χ4n) is 4.23. The van der Waals surface area contributed by atoms with Crippen molar-refractivity contribution in [2.75, 3.05) is 22.4 Å². The third-order valence-corrected chi connectivity index (χ3v) is 9.45. The minimum absolute atomic E-state index is 0.277. The van der Waals surface area contributed by atoms with Crippen LogP contribution in [0, 0.1) is 13.8 Å². The van der Waals surface area contributed by atoms with E-state index in [4.69, 9.17) is 0 Å². The number of hydrogen-bond donors (Lipinski definition) is 1. The predicted octanol–water partition coefficient (Wildman–Crippen LogP) is 5.72. The zero-order valence-corrected chi connectivity index (χ0v) is 18.4. The highest BCUT2D eigenvalue weighted by Crippen LogP contribution is 2.75. The summed E-state index contributed by atoms with van der Waals surface area (Å²) in [5.41, 5.74) is 5.07. The van der Waals surface area contributed by atoms with Crippen molar-refractivity contribution >= 4 is 25.5 Å². The lowest BCUT2D eigenvalue weighted by atomic mass is 10.1. The van der Waals surface area contributed by atoms with Crippen LogP contribution in [0.5, 0.6) is 0 Å². The second-order valence-corrected chi connectivity index (χ2v) is 10.7. The number of benzene rings is 3. The van der Waals surface area contributed by atoms with Gasteiger partial charge in [-0.2, -0.15) is 0 Å². The summed E-state index contributed by atoms with van der Waals surface area (Å²) >= 11 is 0. The molecular formula is C25H28N2O2P+. The smallest absolute Gasteiger partial charge is 0.303 e. The lowest BCUT2D eigenvalue weighted by molar-refractivity contribution is -0.107. The molecule has 1 aliphatic rings. The summed E-state index contributed by atoms with van der Waals surface area (Å²) in [6.45, 7) is 5.55. The molecule has 0 aliphatic carbocycles. The average Bonchev–Trinajstić information content (AvgIpc) is 3.11. The van der Waals surface area contributed by atoms with Crippen molar-refractivity contribution < 1.29 is 9.69 Å². The van der Waals surface area contributed by atoms with Crippen LogP contribution in [0.4, 0.5) is 11.4 Å². The molecule has 3 aromatic carbocycles. The molecule has 0 bridgehead atoms. The predicted molar refractivity (Wildman–Crippen MR) is 126 cm³/mol. The van der Waals surface area contributed by atoms with Gasteiger partial charge in [0.25, 0.3) is 0 Å². The highest BCUT2D eigenvalue weighted by Gasteiger charge is 2.61. The van der Waals surface area contributed by atoms with Gasteiger partial charge in [-0.3, -0.25) is 0 Å². The second kappa shape index (κ2) is 8.59. The molecule has 1 unspecified atom stereocenters. The maximum atomic E-state index is 12.5. The molecule has 1 fully saturated rings. The van der Waals surface area contributed by atoms with Gasteiger partial charge in [-0.25, -0.2) is 14.2 Å². The minimum atomic E-state index is -2.93. The summed E-state index contributed by atoms with van der Waals surface area (Å²) < 4.78 is 4.29. The van der Waals surface area contributed by atoms with Crippen molar-refractivity contribution in [2.24, 2.45) is 0 Å². The van der Waals surface area contributed by atoms with E-state index in [1.165, 1.54) is 11.1 Å². The van der Waals surface area contributed by atoms with E-state index in [1.807, 2.05) is 30.3 Å². The Morgan fingerprint density at radius 3 is 1.73 bits per heavy atom. The standard InChI is InChI=1S/C25H28N2O2P/c1-20-8-12-23(13-9-20)26-17-18-27(24-14-10-21(2)11-15-24)30(26,29)25(16-19-28)22-6-4-3-5-7-22/h3-15,19,25,29H,16-18H2,1-2H3/q+1. The topological polar surface area (TPSA) is 43.8 Å². The Labute approximate surface area is 179 Å². The lowest BCUT2D eigenvalue weighted by Crippen LogP contribution is -2.29. The van der Waals surface area contributed by atoms with Gasteiger partial charge < -0.3 is 4.79 Å². The number of carbonyl (C=O) groups is 1. The van der Waals surface area contributed by atoms with E-state index in [0.717, 1.165) is 23.2 Å². The Balaban J connectivity index is 1.86. The molecule has 30 heavy (non-hydrogen) atoms. The second-order valence-electron chi connectivity index (χ2n) is 7.86. The summed E-state index contributed by atoms with van der Waals surface area (Å²) in [5.74, 6) is 0. The first-order chi connectivity index (χ1) is 14.5. The van der Waals surface area contributed by atoms with Crippen LogP contribution in [0.3, 0.4) is 0 Å². The third kappa shape index (κ3) is 3.74. The van der Waals surface area contributed by atoms with Gasteiger partial charge in [-0.1, -0.05) is 65.7 Å². The van der Waals surface area contributed by atoms with Crippen molar-refractivity contribution in [1.29, 1.82) is 0 Å². The molecule has 4 nitrogen and oxygen atoms in total. The van der Waals surface area contributed by atoms with Gasteiger partial charge in [-0.05, 0) is 43.7 Å². The highest BCUT2D eigenvalue weighted by atomic mass is 31.2. The maximum absolute atomic E-state index is 12.5. The molecule has 0 saturated carbocycles. The number of hydrogen-bond acceptors (Lipinski definition) is 4. The molecule has 5 heteroatoms. The fraction of sp³-hybridized carbons (Fsp3) is 0.240. The fourth-order valence-corrected chi connectivity index (χ4v) is 7.81. The monoisotopic (exact) mass is 419 g/mol. The molecule has 154 valence electrons. The Morgan fingerprint density at radius 2 is 1.30 bits per heavy atom. The molecule has 0 amide bonds. The Hall–Kier alpha value is -2.68. The van der Waals surface area contributed by atoms with Crippen LogP contribution in [0.25, 0.3) is 0 Å². The van der Waals surface area contributed by atoms with Gasteiger partial charge in [-0.15, -0.1) is 0 Å². The van der Waals surface area contributed by atoms with Crippen LogP contribution in [0.1, 0.15) is 28.8 Å². The first-order valence-corrected chi connectivity index (χ1v) is 12.0. The maximum Gasteiger partial charge on any atom is 0.339 e. The number of anilines is 2. The number of nitrogens with zero attached hydrogens (tertiary/aromatic N) is 2. The van der Waals surface area contributed by atoms with Gasteiger partial charge in [0.2, 0.25) is 0 Å². The third-order valence-electron chi connectivity index (χ3n) is 5.82. The first-order valence-electron chi connectivity index (χ1n) is 10.3. The number of rotatable bonds is 6. The summed E-state index contributed by atoms with van der Waals surface area (Å²) in [6, 6.07) is 26.5. The SMILES string of the molecule is Cc1ccc(N2CCN(c3ccc(C)cc3)[P+]2(O)C(CC=O)c2ccccc2)cc1. The van der Waals surface area contributed by atoms with Gasteiger partial charge in [0.15, 0.2) is 5.66 Å². The summed E-state index contributed by atoms with van der Waals surface area (Å²) in [5, 5.41) is 0. The molecule has 0 radical (unpaired) electrons. The van der Waals surface area contributed by atoms with Gasteiger partial charge in [0.05, 0.1) is 30.9 Å². The molecule has 1 saturated heterocycles. The van der Waals surface area contributed by atoms with Crippen molar-refractivity contribution in [1.82, 2.24) is 0 Å². The zero-order chi connectivity index (χ0) is 21.1. The van der Waals surface area contributed by atoms with Crippen LogP contribution in [0.15, 0.2) is 78.9 Å². The van der Waals surface area contributed by atoms with Crippen LogP contribution < -0.4 is 9.34 Å². The molecule has 0 aromatic heterocycles. The van der Waals surface area contributed by atoms with E-state index in [2.05, 4.69) is 71.7 Å². The van der Waals surface area contributed by atoms with Crippen LogP contribution >= 0.6 is 7.79 Å². The van der Waals surface area contributed by atoms with Gasteiger partial charge in [0.1, 0.15) is 6.29 Å². The summed E-state index contributed by atoms with van der Waals surface area (Å²) in [6.07, 6.45) is 1.22. The molecule has 4 rings (SSSR count). The van der Waals surface area contributed by atoms with Crippen LogP contribution in [-0.2, 0) is 4.79 Å². The molecule has 3 aromatic rings. The largest absolute Gasteiger partial charge is 0.339 e. The number of aryl methyl sites for hydroxylation is 2. The first kappa shape index (κ1) is 20.6. The minimum Gasteiger partial charge on any atom is -0.303 e. The highest BCUT2D eigenvalue weighted by molar-refractivity contribution is 7.74. The number of aldehydes is 1. The van der Waals surface area contributed by atoms with E-state index in [0.29, 0.717) is 13.1 Å². The Kier molecular flexibility index (Phi) is 5.90. The number of carbonyl (C=O) groups excluding carboxylic acids is 1. The summed E-state index contributed by atoms with van der Waals surface area (Å²) in [4.78, 5) is 24.2. The molecule has 1 heterocycles. The Morgan fingerprint density at radius 1 is 0.833 bits per heavy atom. The van der Waals surface area contributed by atoms with E-state index in [9.17, 15) is 9.69 Å². The van der Waals surface area contributed by atoms with E-state index in [-0.39, 0.29) is 12.1 Å². The van der Waals surface area contributed by atoms with E-state index >= 15 is 0 Å². The van der Waals surface area contributed by atoms with Gasteiger partial charge in [0, 0.05) is 0 Å². The van der Waals surface area contributed by atoms with Crippen LogP contribution in [0.2, 0.25) is 0 Å². The summed E-state index contributed by atoms with van der Waals surface area (Å²) in [7, 11) is -2.93. The average molecular weight is 419 g/mol. The van der Waals surface area contributed by atoms with Gasteiger partial charge >= 0.3 is 7.79 Å². The molecule has 1 atom stereocenters. The normalized spacial score (nSPS) is 16.5. The zero-order valence-electron chi connectivity index (χ0n) is 17.5. The molecule has 0 spiro atoms. The van der Waals surface area contributed by atoms with Crippen LogP contribution in [-0.4, -0.2) is 24.3 Å². The van der Waals surface area contributed by atoms with Crippen molar-refractivity contribution in [3.8, 4) is 0 Å². The molecule has 1 aliphatic heterocycles. The molecule has 1 N–H and O–H groups in total. The van der Waals surface area contributed by atoms with Crippen molar-refractivity contribution in [3.63, 3.8) is 0 Å². The van der Waals surface area contributed by atoms with Crippen molar-refractivity contribution in [3.05, 3.63) is 95.6 Å². The Bertz CT molecular complexity index is 936. The van der Waals surface area contributed by atoms with Crippen molar-refractivity contribution in [2.45, 2.75) is 25.9 Å². The van der Waals surface area contributed by atoms with E-state index in [1.54, 1.807) is 0 Å². The lowest BCUT2D eigenvalue weighted by Gasteiger charge is -2.36. The molecular weight excluding hydrogens is 391 g/mol. The quantitative estimate of drug-likeness (QED) is 0.410. The van der Waals surface area contributed by atoms with E-state index < -0.39 is 7.79 Å².